The Bertz CT molecular complexity index is 432. The van der Waals surface area contributed by atoms with E-state index >= 15 is 0 Å². The number of carbonyl (C=O) groups is 1. The predicted molar refractivity (Wildman–Crippen MR) is 45.4 cm³/mol. The molecule has 14 heavy (non-hydrogen) atoms. The van der Waals surface area contributed by atoms with Crippen molar-refractivity contribution in [3.8, 4) is 11.4 Å². The number of aromatic nitrogens is 3. The molecular weight excluding hydrogens is 186 g/mol. The molecule has 0 aliphatic rings. The molecule has 2 rings (SSSR count). The van der Waals surface area contributed by atoms with E-state index in [1.165, 1.54) is 6.26 Å². The Kier molecular flexibility index (Phi) is 2.02. The standard InChI is InChI=1S/C8H7N3O3/c12-8(13)4-5-3-7(10-9-5)6-1-2-14-11-6/h1-3H,4H2,(H,9,10)(H,12,13). The summed E-state index contributed by atoms with van der Waals surface area (Å²) in [5.41, 5.74) is 1.70. The van der Waals surface area contributed by atoms with Gasteiger partial charge in [-0.25, -0.2) is 0 Å². The van der Waals surface area contributed by atoms with Crippen LogP contribution in [0.25, 0.3) is 11.4 Å². The summed E-state index contributed by atoms with van der Waals surface area (Å²) in [5.74, 6) is -0.902. The highest BCUT2D eigenvalue weighted by atomic mass is 16.5. The summed E-state index contributed by atoms with van der Waals surface area (Å²) in [4.78, 5) is 10.4. The zero-order valence-electron chi connectivity index (χ0n) is 7.10. The first-order valence-corrected chi connectivity index (χ1v) is 3.92. The molecule has 0 saturated heterocycles. The fraction of sp³-hybridized carbons (Fsp3) is 0.125. The van der Waals surface area contributed by atoms with Crippen LogP contribution in [0.3, 0.4) is 0 Å². The summed E-state index contributed by atoms with van der Waals surface area (Å²) in [6.45, 7) is 0. The second-order valence-electron chi connectivity index (χ2n) is 2.73. The van der Waals surface area contributed by atoms with Gasteiger partial charge in [0, 0.05) is 11.8 Å². The summed E-state index contributed by atoms with van der Waals surface area (Å²) in [7, 11) is 0. The lowest BCUT2D eigenvalue weighted by atomic mass is 10.2. The van der Waals surface area contributed by atoms with Crippen molar-refractivity contribution >= 4 is 5.97 Å². The highest BCUT2D eigenvalue weighted by molar-refractivity contribution is 5.70. The lowest BCUT2D eigenvalue weighted by molar-refractivity contribution is -0.136. The molecule has 0 saturated carbocycles. The van der Waals surface area contributed by atoms with Gasteiger partial charge in [0.1, 0.15) is 17.7 Å². The maximum Gasteiger partial charge on any atom is 0.309 e. The van der Waals surface area contributed by atoms with Crippen LogP contribution in [0.1, 0.15) is 5.69 Å². The van der Waals surface area contributed by atoms with Gasteiger partial charge in [-0.2, -0.15) is 5.10 Å². The smallest absolute Gasteiger partial charge is 0.309 e. The van der Waals surface area contributed by atoms with E-state index < -0.39 is 5.97 Å². The maximum absolute atomic E-state index is 10.4. The summed E-state index contributed by atoms with van der Waals surface area (Å²) < 4.78 is 4.64. The van der Waals surface area contributed by atoms with Crippen molar-refractivity contribution in [2.45, 2.75) is 6.42 Å². The van der Waals surface area contributed by atoms with Gasteiger partial charge in [0.05, 0.1) is 6.42 Å². The Morgan fingerprint density at radius 2 is 2.43 bits per heavy atom. The Labute approximate surface area is 78.5 Å². The minimum absolute atomic E-state index is 0.0785. The van der Waals surface area contributed by atoms with Crippen molar-refractivity contribution in [2.75, 3.05) is 0 Å². The number of hydrogen-bond acceptors (Lipinski definition) is 4. The molecule has 2 N–H and O–H groups in total. The Hall–Kier alpha value is -2.11. The fourth-order valence-corrected chi connectivity index (χ4v) is 1.09. The van der Waals surface area contributed by atoms with Crippen molar-refractivity contribution in [1.82, 2.24) is 15.4 Å². The Morgan fingerprint density at radius 3 is 3.07 bits per heavy atom. The SMILES string of the molecule is O=C(O)Cc1cc(-c2ccon2)n[nH]1. The molecule has 0 atom stereocenters. The predicted octanol–water partition coefficient (Wildman–Crippen LogP) is 0.692. The molecular formula is C8H7N3O3. The number of aliphatic carboxylic acids is 1. The number of nitrogens with zero attached hydrogens (tertiary/aromatic N) is 2. The maximum atomic E-state index is 10.4. The summed E-state index contributed by atoms with van der Waals surface area (Å²) >= 11 is 0. The van der Waals surface area contributed by atoms with E-state index in [-0.39, 0.29) is 6.42 Å². The zero-order valence-corrected chi connectivity index (χ0v) is 7.10. The highest BCUT2D eigenvalue weighted by Crippen LogP contribution is 2.14. The number of aromatic amines is 1. The number of hydrogen-bond donors (Lipinski definition) is 2. The third kappa shape index (κ3) is 1.63. The molecule has 0 aliphatic carbocycles. The monoisotopic (exact) mass is 193 g/mol. The third-order valence-corrected chi connectivity index (χ3v) is 1.67. The molecule has 0 amide bonds. The van der Waals surface area contributed by atoms with E-state index in [0.717, 1.165) is 0 Å². The number of rotatable bonds is 3. The van der Waals surface area contributed by atoms with Gasteiger partial charge in [-0.15, -0.1) is 0 Å². The van der Waals surface area contributed by atoms with Crippen LogP contribution in [0.2, 0.25) is 0 Å². The molecule has 0 aromatic carbocycles. The molecule has 2 aromatic rings. The van der Waals surface area contributed by atoms with E-state index in [4.69, 9.17) is 5.11 Å². The van der Waals surface area contributed by atoms with Crippen LogP contribution in [0.15, 0.2) is 22.9 Å². The van der Waals surface area contributed by atoms with Crippen LogP contribution in [0.4, 0.5) is 0 Å². The first kappa shape index (κ1) is 8.49. The zero-order chi connectivity index (χ0) is 9.97. The second-order valence-corrected chi connectivity index (χ2v) is 2.73. The number of carboxylic acid groups (broad SMARTS) is 1. The summed E-state index contributed by atoms with van der Waals surface area (Å²) in [6, 6.07) is 3.28. The molecule has 0 aliphatic heterocycles. The van der Waals surface area contributed by atoms with Crippen LogP contribution < -0.4 is 0 Å². The van der Waals surface area contributed by atoms with E-state index in [9.17, 15) is 4.79 Å². The minimum Gasteiger partial charge on any atom is -0.481 e. The van der Waals surface area contributed by atoms with Crippen molar-refractivity contribution in [1.29, 1.82) is 0 Å². The molecule has 72 valence electrons. The number of H-pyrrole nitrogens is 1. The van der Waals surface area contributed by atoms with Gasteiger partial charge in [-0.1, -0.05) is 5.16 Å². The van der Waals surface area contributed by atoms with Gasteiger partial charge in [0.15, 0.2) is 0 Å². The van der Waals surface area contributed by atoms with Crippen LogP contribution in [0.5, 0.6) is 0 Å². The van der Waals surface area contributed by atoms with Crippen molar-refractivity contribution < 1.29 is 14.4 Å². The molecule has 0 spiro atoms. The first-order chi connectivity index (χ1) is 6.75. The van der Waals surface area contributed by atoms with Gasteiger partial charge in [0.25, 0.3) is 0 Å². The van der Waals surface area contributed by atoms with E-state index in [1.807, 2.05) is 0 Å². The third-order valence-electron chi connectivity index (χ3n) is 1.67. The lowest BCUT2D eigenvalue weighted by Gasteiger charge is -1.86. The first-order valence-electron chi connectivity index (χ1n) is 3.92. The molecule has 0 fully saturated rings. The number of carboxylic acids is 1. The van der Waals surface area contributed by atoms with Crippen LogP contribution in [0, 0.1) is 0 Å². The number of nitrogens with one attached hydrogen (secondary N) is 1. The Morgan fingerprint density at radius 1 is 1.57 bits per heavy atom. The average Bonchev–Trinajstić information content (AvgIpc) is 2.69. The topological polar surface area (TPSA) is 92.0 Å². The average molecular weight is 193 g/mol. The minimum atomic E-state index is -0.902. The normalized spacial score (nSPS) is 10.3. The van der Waals surface area contributed by atoms with Crippen LogP contribution in [-0.4, -0.2) is 26.4 Å². The van der Waals surface area contributed by atoms with Gasteiger partial charge < -0.3 is 9.63 Å². The highest BCUT2D eigenvalue weighted by Gasteiger charge is 2.08. The molecule has 2 heterocycles. The van der Waals surface area contributed by atoms with Crippen molar-refractivity contribution in [3.63, 3.8) is 0 Å². The molecule has 0 unspecified atom stereocenters. The van der Waals surface area contributed by atoms with Crippen molar-refractivity contribution in [3.05, 3.63) is 24.1 Å². The van der Waals surface area contributed by atoms with Gasteiger partial charge >= 0.3 is 5.97 Å². The molecule has 0 bridgehead atoms. The summed E-state index contributed by atoms with van der Waals surface area (Å²) in [6.07, 6.45) is 1.35. The lowest BCUT2D eigenvalue weighted by Crippen LogP contribution is -1.99. The molecule has 6 heteroatoms. The van der Waals surface area contributed by atoms with Gasteiger partial charge in [-0.3, -0.25) is 9.89 Å². The van der Waals surface area contributed by atoms with E-state index in [0.29, 0.717) is 17.1 Å². The van der Waals surface area contributed by atoms with E-state index in [2.05, 4.69) is 19.9 Å². The van der Waals surface area contributed by atoms with Gasteiger partial charge in [-0.05, 0) is 6.07 Å². The van der Waals surface area contributed by atoms with Crippen LogP contribution in [-0.2, 0) is 11.2 Å². The molecule has 0 radical (unpaired) electrons. The Balaban J connectivity index is 2.22. The summed E-state index contributed by atoms with van der Waals surface area (Å²) in [5, 5.41) is 18.7. The van der Waals surface area contributed by atoms with Crippen molar-refractivity contribution in [2.24, 2.45) is 0 Å². The van der Waals surface area contributed by atoms with Gasteiger partial charge in [0.2, 0.25) is 0 Å². The van der Waals surface area contributed by atoms with E-state index in [1.54, 1.807) is 12.1 Å². The van der Waals surface area contributed by atoms with Crippen LogP contribution >= 0.6 is 0 Å². The quantitative estimate of drug-likeness (QED) is 0.748. The largest absolute Gasteiger partial charge is 0.481 e. The second kappa shape index (κ2) is 3.33. The fourth-order valence-electron chi connectivity index (χ4n) is 1.09. The molecule has 2 aromatic heterocycles. The molecule has 6 nitrogen and oxygen atoms in total.